The summed E-state index contributed by atoms with van der Waals surface area (Å²) in [5.41, 5.74) is 6.64. The molecule has 1 aromatic heterocycles. The Morgan fingerprint density at radius 1 is 1.14 bits per heavy atom. The summed E-state index contributed by atoms with van der Waals surface area (Å²) in [7, 11) is 0. The van der Waals surface area contributed by atoms with Gasteiger partial charge in [-0.1, -0.05) is 0 Å². The van der Waals surface area contributed by atoms with E-state index >= 15 is 0 Å². The zero-order chi connectivity index (χ0) is 10.9. The van der Waals surface area contributed by atoms with E-state index in [1.807, 2.05) is 13.8 Å². The Morgan fingerprint density at radius 2 is 1.71 bits per heavy atom. The van der Waals surface area contributed by atoms with Crippen LogP contribution in [-0.2, 0) is 0 Å². The summed E-state index contributed by atoms with van der Waals surface area (Å²) in [6.07, 6.45) is 0. The van der Waals surface area contributed by atoms with Gasteiger partial charge in [0.15, 0.2) is 0 Å². The van der Waals surface area contributed by atoms with Gasteiger partial charge in [-0.05, 0) is 34.6 Å². The molecule has 4 heteroatoms. The van der Waals surface area contributed by atoms with Crippen molar-refractivity contribution in [3.8, 4) is 0 Å². The first-order chi connectivity index (χ1) is 6.29. The summed E-state index contributed by atoms with van der Waals surface area (Å²) in [4.78, 5) is 8.41. The molecular formula is C10H18N4. The molecule has 4 nitrogen and oxygen atoms in total. The maximum absolute atomic E-state index is 5.75. The molecular weight excluding hydrogens is 176 g/mol. The number of aryl methyl sites for hydroxylation is 1. The smallest absolute Gasteiger partial charge is 0.135 e. The summed E-state index contributed by atoms with van der Waals surface area (Å²) in [6.45, 7) is 10.0. The Balaban J connectivity index is 3.09. The number of nitrogen functional groups attached to an aromatic ring is 1. The first-order valence-corrected chi connectivity index (χ1v) is 4.68. The Hall–Kier alpha value is -1.32. The molecule has 0 radical (unpaired) electrons. The van der Waals surface area contributed by atoms with Crippen LogP contribution in [0.5, 0.6) is 0 Å². The standard InChI is InChI=1S/C10H18N4/c1-6-8(11)12-7(2)13-9(6)14-10(3,4)5/h1-5H3,(H3,11,12,13,14). The van der Waals surface area contributed by atoms with Gasteiger partial charge >= 0.3 is 0 Å². The minimum atomic E-state index is -0.0159. The number of hydrogen-bond acceptors (Lipinski definition) is 4. The number of nitrogens with zero attached hydrogens (tertiary/aromatic N) is 2. The Labute approximate surface area is 85.0 Å². The Bertz CT molecular complexity index is 339. The monoisotopic (exact) mass is 194 g/mol. The lowest BCUT2D eigenvalue weighted by Gasteiger charge is -2.23. The second-order valence-corrected chi connectivity index (χ2v) is 4.50. The van der Waals surface area contributed by atoms with E-state index in [1.54, 1.807) is 0 Å². The summed E-state index contributed by atoms with van der Waals surface area (Å²) in [6, 6.07) is 0. The number of aromatic nitrogens is 2. The SMILES string of the molecule is Cc1nc(N)c(C)c(NC(C)(C)C)n1. The van der Waals surface area contributed by atoms with Crippen molar-refractivity contribution in [3.05, 3.63) is 11.4 Å². The van der Waals surface area contributed by atoms with Gasteiger partial charge in [-0.15, -0.1) is 0 Å². The molecule has 0 aromatic carbocycles. The van der Waals surface area contributed by atoms with Gasteiger partial charge in [0.1, 0.15) is 17.5 Å². The summed E-state index contributed by atoms with van der Waals surface area (Å²) in [5, 5.41) is 3.30. The molecule has 0 spiro atoms. The van der Waals surface area contributed by atoms with Crippen LogP contribution in [0.15, 0.2) is 0 Å². The molecule has 0 aliphatic carbocycles. The minimum Gasteiger partial charge on any atom is -0.383 e. The third-order valence-electron chi connectivity index (χ3n) is 1.79. The lowest BCUT2D eigenvalue weighted by Crippen LogP contribution is -2.27. The molecule has 1 heterocycles. The molecule has 0 aliphatic rings. The van der Waals surface area contributed by atoms with E-state index in [9.17, 15) is 0 Å². The molecule has 0 amide bonds. The van der Waals surface area contributed by atoms with Crippen LogP contribution in [0.25, 0.3) is 0 Å². The lowest BCUT2D eigenvalue weighted by molar-refractivity contribution is 0.628. The van der Waals surface area contributed by atoms with E-state index in [2.05, 4.69) is 36.1 Å². The van der Waals surface area contributed by atoms with Crippen LogP contribution in [0.4, 0.5) is 11.6 Å². The molecule has 1 aromatic rings. The molecule has 0 fully saturated rings. The van der Waals surface area contributed by atoms with E-state index in [-0.39, 0.29) is 5.54 Å². The van der Waals surface area contributed by atoms with Gasteiger partial charge in [0, 0.05) is 11.1 Å². The van der Waals surface area contributed by atoms with Crippen LogP contribution in [0.1, 0.15) is 32.2 Å². The fourth-order valence-electron chi connectivity index (χ4n) is 1.13. The number of anilines is 2. The van der Waals surface area contributed by atoms with Gasteiger partial charge < -0.3 is 11.1 Å². The molecule has 0 saturated carbocycles. The summed E-state index contributed by atoms with van der Waals surface area (Å²) in [5.74, 6) is 2.06. The third kappa shape index (κ3) is 2.58. The van der Waals surface area contributed by atoms with Crippen molar-refractivity contribution in [1.82, 2.24) is 9.97 Å². The van der Waals surface area contributed by atoms with E-state index in [1.165, 1.54) is 0 Å². The van der Waals surface area contributed by atoms with Gasteiger partial charge in [-0.2, -0.15) is 0 Å². The van der Waals surface area contributed by atoms with Crippen molar-refractivity contribution in [2.24, 2.45) is 0 Å². The van der Waals surface area contributed by atoms with Crippen molar-refractivity contribution in [3.63, 3.8) is 0 Å². The highest BCUT2D eigenvalue weighted by atomic mass is 15.1. The van der Waals surface area contributed by atoms with E-state index in [4.69, 9.17) is 5.73 Å². The van der Waals surface area contributed by atoms with Crippen molar-refractivity contribution in [1.29, 1.82) is 0 Å². The van der Waals surface area contributed by atoms with Crippen molar-refractivity contribution >= 4 is 11.6 Å². The maximum Gasteiger partial charge on any atom is 0.135 e. The average Bonchev–Trinajstić information content (AvgIpc) is 1.96. The molecule has 0 bridgehead atoms. The minimum absolute atomic E-state index is 0.0159. The highest BCUT2D eigenvalue weighted by molar-refractivity contribution is 5.55. The van der Waals surface area contributed by atoms with Crippen molar-refractivity contribution in [2.45, 2.75) is 40.2 Å². The van der Waals surface area contributed by atoms with Crippen LogP contribution in [0.2, 0.25) is 0 Å². The molecule has 1 rings (SSSR count). The number of nitrogens with two attached hydrogens (primary N) is 1. The second kappa shape index (κ2) is 3.44. The highest BCUT2D eigenvalue weighted by Crippen LogP contribution is 2.20. The zero-order valence-corrected chi connectivity index (χ0v) is 9.47. The van der Waals surface area contributed by atoms with Crippen LogP contribution in [-0.4, -0.2) is 15.5 Å². The molecule has 0 saturated heterocycles. The van der Waals surface area contributed by atoms with E-state index < -0.39 is 0 Å². The lowest BCUT2D eigenvalue weighted by atomic mass is 10.1. The van der Waals surface area contributed by atoms with E-state index in [0.717, 1.165) is 11.4 Å². The van der Waals surface area contributed by atoms with Gasteiger partial charge in [0.25, 0.3) is 0 Å². The highest BCUT2D eigenvalue weighted by Gasteiger charge is 2.14. The fraction of sp³-hybridized carbons (Fsp3) is 0.600. The molecule has 78 valence electrons. The van der Waals surface area contributed by atoms with Crippen LogP contribution in [0.3, 0.4) is 0 Å². The molecule has 0 atom stereocenters. The molecule has 0 unspecified atom stereocenters. The topological polar surface area (TPSA) is 63.8 Å². The number of nitrogens with one attached hydrogen (secondary N) is 1. The fourth-order valence-corrected chi connectivity index (χ4v) is 1.13. The second-order valence-electron chi connectivity index (χ2n) is 4.50. The van der Waals surface area contributed by atoms with E-state index in [0.29, 0.717) is 11.6 Å². The van der Waals surface area contributed by atoms with Crippen LogP contribution < -0.4 is 11.1 Å². The average molecular weight is 194 g/mol. The van der Waals surface area contributed by atoms with Crippen LogP contribution >= 0.6 is 0 Å². The first-order valence-electron chi connectivity index (χ1n) is 4.68. The predicted molar refractivity (Wildman–Crippen MR) is 59.3 cm³/mol. The Kier molecular flexibility index (Phi) is 2.64. The summed E-state index contributed by atoms with van der Waals surface area (Å²) >= 11 is 0. The van der Waals surface area contributed by atoms with Crippen molar-refractivity contribution in [2.75, 3.05) is 11.1 Å². The first kappa shape index (κ1) is 10.8. The van der Waals surface area contributed by atoms with Gasteiger partial charge in [-0.3, -0.25) is 0 Å². The quantitative estimate of drug-likeness (QED) is 0.716. The summed E-state index contributed by atoms with van der Waals surface area (Å²) < 4.78 is 0. The zero-order valence-electron chi connectivity index (χ0n) is 9.47. The normalized spacial score (nSPS) is 11.5. The predicted octanol–water partition coefficient (Wildman–Crippen LogP) is 1.89. The molecule has 0 aliphatic heterocycles. The van der Waals surface area contributed by atoms with Gasteiger partial charge in [0.2, 0.25) is 0 Å². The van der Waals surface area contributed by atoms with Crippen molar-refractivity contribution < 1.29 is 0 Å². The Morgan fingerprint density at radius 3 is 2.21 bits per heavy atom. The maximum atomic E-state index is 5.75. The van der Waals surface area contributed by atoms with Gasteiger partial charge in [0.05, 0.1) is 0 Å². The van der Waals surface area contributed by atoms with Crippen LogP contribution in [0, 0.1) is 13.8 Å². The largest absolute Gasteiger partial charge is 0.383 e. The molecule has 3 N–H and O–H groups in total. The van der Waals surface area contributed by atoms with Gasteiger partial charge in [-0.25, -0.2) is 9.97 Å². The number of rotatable bonds is 1. The third-order valence-corrected chi connectivity index (χ3v) is 1.79. The number of hydrogen-bond donors (Lipinski definition) is 2. The molecule has 14 heavy (non-hydrogen) atoms.